The summed E-state index contributed by atoms with van der Waals surface area (Å²) in [5.74, 6) is 2.66. The van der Waals surface area contributed by atoms with Gasteiger partial charge in [-0.15, -0.1) is 0 Å². The maximum absolute atomic E-state index is 9.99. The van der Waals surface area contributed by atoms with Gasteiger partial charge in [-0.25, -0.2) is 0 Å². The summed E-state index contributed by atoms with van der Waals surface area (Å²) in [7, 11) is -4.08. The minimum Gasteiger partial charge on any atom is -0.276 e. The van der Waals surface area contributed by atoms with E-state index < -0.39 is 10.1 Å². The molecule has 0 amide bonds. The molecule has 0 fully saturated rings. The minimum atomic E-state index is -4.08. The molecule has 0 saturated heterocycles. The molecule has 0 aliphatic rings. The van der Waals surface area contributed by atoms with E-state index in [2.05, 4.69) is 5.92 Å². The van der Waals surface area contributed by atoms with Crippen molar-refractivity contribution < 1.29 is 13.0 Å². The maximum Gasteiger partial charge on any atom is 0.335 e. The Balaban J connectivity index is 3.96. The summed E-state index contributed by atoms with van der Waals surface area (Å²) in [5.41, 5.74) is 0. The molecule has 0 unspecified atom stereocenters. The van der Waals surface area contributed by atoms with E-state index in [1.54, 1.807) is 5.25 Å². The summed E-state index contributed by atoms with van der Waals surface area (Å²) in [4.78, 5) is 0. The zero-order valence-electron chi connectivity index (χ0n) is 5.96. The third-order valence-corrected chi connectivity index (χ3v) is 1.11. The van der Waals surface area contributed by atoms with E-state index in [0.29, 0.717) is 12.3 Å². The van der Waals surface area contributed by atoms with Crippen molar-refractivity contribution in [3.05, 3.63) is 0 Å². The number of hydrogen-bond donors (Lipinski definition) is 1. The second-order valence-electron chi connectivity index (χ2n) is 2.35. The van der Waals surface area contributed by atoms with Crippen LogP contribution < -0.4 is 0 Å². The lowest BCUT2D eigenvalue weighted by Crippen LogP contribution is -1.91. The second-order valence-corrected chi connectivity index (χ2v) is 3.51. The van der Waals surface area contributed by atoms with Gasteiger partial charge in [-0.2, -0.15) is 8.42 Å². The molecule has 58 valence electrons. The van der Waals surface area contributed by atoms with Crippen LogP contribution in [0.1, 0.15) is 20.3 Å². The third kappa shape index (κ3) is 7.47. The first-order valence-electron chi connectivity index (χ1n) is 2.89. The summed E-state index contributed by atoms with van der Waals surface area (Å²) in [6, 6.07) is 0. The molecule has 10 heavy (non-hydrogen) atoms. The predicted octanol–water partition coefficient (Wildman–Crippen LogP) is 0.881. The van der Waals surface area contributed by atoms with E-state index in [1.807, 2.05) is 13.8 Å². The van der Waals surface area contributed by atoms with Gasteiger partial charge >= 0.3 is 10.1 Å². The van der Waals surface area contributed by atoms with Crippen molar-refractivity contribution in [3.63, 3.8) is 0 Å². The average molecular weight is 162 g/mol. The van der Waals surface area contributed by atoms with Crippen molar-refractivity contribution in [2.75, 3.05) is 0 Å². The molecule has 0 aromatic carbocycles. The zero-order valence-corrected chi connectivity index (χ0v) is 6.77. The molecule has 0 bridgehead atoms. The highest BCUT2D eigenvalue weighted by Crippen LogP contribution is 1.95. The van der Waals surface area contributed by atoms with Crippen LogP contribution in [0.3, 0.4) is 0 Å². The SMILES string of the molecule is CC(C)CC#CS(=O)(=O)O. The van der Waals surface area contributed by atoms with Crippen molar-refractivity contribution in [3.8, 4) is 11.2 Å². The van der Waals surface area contributed by atoms with Crippen molar-refractivity contribution in [1.29, 1.82) is 0 Å². The Hall–Kier alpha value is -0.530. The van der Waals surface area contributed by atoms with Crippen LogP contribution >= 0.6 is 0 Å². The van der Waals surface area contributed by atoms with Gasteiger partial charge in [-0.3, -0.25) is 4.55 Å². The smallest absolute Gasteiger partial charge is 0.276 e. The molecule has 0 atom stereocenters. The highest BCUT2D eigenvalue weighted by atomic mass is 32.2. The summed E-state index contributed by atoms with van der Waals surface area (Å²) >= 11 is 0. The van der Waals surface area contributed by atoms with Gasteiger partial charge in [-0.05, 0) is 5.92 Å². The van der Waals surface area contributed by atoms with Crippen LogP contribution in [0.4, 0.5) is 0 Å². The fourth-order valence-corrected chi connectivity index (χ4v) is 0.603. The third-order valence-electron chi connectivity index (χ3n) is 0.711. The van der Waals surface area contributed by atoms with Crippen molar-refractivity contribution in [2.45, 2.75) is 20.3 Å². The molecule has 0 radical (unpaired) electrons. The van der Waals surface area contributed by atoms with Crippen molar-refractivity contribution >= 4 is 10.1 Å². The molecule has 0 spiro atoms. The first-order chi connectivity index (χ1) is 4.42. The fourth-order valence-electron chi connectivity index (χ4n) is 0.337. The van der Waals surface area contributed by atoms with Gasteiger partial charge in [0.1, 0.15) is 0 Å². The molecule has 4 heteroatoms. The summed E-state index contributed by atoms with van der Waals surface area (Å²) < 4.78 is 28.1. The molecule has 0 rings (SSSR count). The molecular formula is C6H10O3S. The number of rotatable bonds is 1. The van der Waals surface area contributed by atoms with Gasteiger partial charge in [0.25, 0.3) is 0 Å². The largest absolute Gasteiger partial charge is 0.335 e. The topological polar surface area (TPSA) is 54.4 Å². The van der Waals surface area contributed by atoms with Crippen LogP contribution in [0.25, 0.3) is 0 Å². The van der Waals surface area contributed by atoms with E-state index in [4.69, 9.17) is 4.55 Å². The van der Waals surface area contributed by atoms with E-state index >= 15 is 0 Å². The first kappa shape index (κ1) is 9.47. The Morgan fingerprint density at radius 2 is 2.00 bits per heavy atom. The highest BCUT2D eigenvalue weighted by Gasteiger charge is 1.94. The van der Waals surface area contributed by atoms with Crippen LogP contribution in [-0.4, -0.2) is 13.0 Å². The molecule has 0 saturated carbocycles. The summed E-state index contributed by atoms with van der Waals surface area (Å²) in [5, 5.41) is 1.73. The highest BCUT2D eigenvalue weighted by molar-refractivity contribution is 7.90. The molecule has 0 aromatic heterocycles. The van der Waals surface area contributed by atoms with Gasteiger partial charge in [-0.1, -0.05) is 19.8 Å². The molecule has 0 aromatic rings. The van der Waals surface area contributed by atoms with Crippen LogP contribution in [0.15, 0.2) is 0 Å². The molecule has 1 N–H and O–H groups in total. The van der Waals surface area contributed by atoms with Crippen LogP contribution in [0.5, 0.6) is 0 Å². The lowest BCUT2D eigenvalue weighted by Gasteiger charge is -1.91. The maximum atomic E-state index is 9.99. The fraction of sp³-hybridized carbons (Fsp3) is 0.667. The molecule has 0 aliphatic heterocycles. The molecule has 3 nitrogen and oxygen atoms in total. The Morgan fingerprint density at radius 1 is 1.50 bits per heavy atom. The minimum absolute atomic E-state index is 0.328. The lowest BCUT2D eigenvalue weighted by atomic mass is 10.1. The van der Waals surface area contributed by atoms with Gasteiger partial charge < -0.3 is 0 Å². The van der Waals surface area contributed by atoms with Gasteiger partial charge in [0.15, 0.2) is 0 Å². The van der Waals surface area contributed by atoms with E-state index in [0.717, 1.165) is 0 Å². The number of hydrogen-bond acceptors (Lipinski definition) is 2. The Morgan fingerprint density at radius 3 is 2.30 bits per heavy atom. The Kier molecular flexibility index (Phi) is 3.40. The molecular weight excluding hydrogens is 152 g/mol. The van der Waals surface area contributed by atoms with Gasteiger partial charge in [0, 0.05) is 6.42 Å². The first-order valence-corrected chi connectivity index (χ1v) is 4.33. The van der Waals surface area contributed by atoms with Crippen LogP contribution in [-0.2, 0) is 10.1 Å². The monoisotopic (exact) mass is 162 g/mol. The quantitative estimate of drug-likeness (QED) is 0.460. The zero-order chi connectivity index (χ0) is 8.20. The van der Waals surface area contributed by atoms with Gasteiger partial charge in [0.05, 0.1) is 5.25 Å². The molecule has 0 aliphatic carbocycles. The lowest BCUT2D eigenvalue weighted by molar-refractivity contribution is 0.496. The van der Waals surface area contributed by atoms with Crippen LogP contribution in [0.2, 0.25) is 0 Å². The van der Waals surface area contributed by atoms with Crippen molar-refractivity contribution in [2.24, 2.45) is 5.92 Å². The van der Waals surface area contributed by atoms with E-state index in [-0.39, 0.29) is 0 Å². The Bertz CT molecular complexity index is 240. The standard InChI is InChI=1S/C6H10O3S/c1-6(2)4-3-5-10(7,8)9/h6H,4H2,1-2H3,(H,7,8,9). The van der Waals surface area contributed by atoms with E-state index in [9.17, 15) is 8.42 Å². The summed E-state index contributed by atoms with van der Waals surface area (Å²) in [6.45, 7) is 3.83. The van der Waals surface area contributed by atoms with Gasteiger partial charge in [0.2, 0.25) is 0 Å². The average Bonchev–Trinajstić information content (AvgIpc) is 1.59. The van der Waals surface area contributed by atoms with Crippen LogP contribution in [0, 0.1) is 17.1 Å². The molecule has 0 heterocycles. The predicted molar refractivity (Wildman–Crippen MR) is 38.8 cm³/mol. The van der Waals surface area contributed by atoms with E-state index in [1.165, 1.54) is 0 Å². The summed E-state index contributed by atoms with van der Waals surface area (Å²) in [6.07, 6.45) is 0.486. The van der Waals surface area contributed by atoms with Crippen molar-refractivity contribution in [1.82, 2.24) is 0 Å². The second kappa shape index (κ2) is 3.59. The normalized spacial score (nSPS) is 10.8. The Labute approximate surface area is 61.2 Å².